The summed E-state index contributed by atoms with van der Waals surface area (Å²) in [6.45, 7) is 1.17. The molecule has 22 heavy (non-hydrogen) atoms. The number of hydrogen-bond donors (Lipinski definition) is 0. The van der Waals surface area contributed by atoms with E-state index < -0.39 is 0 Å². The van der Waals surface area contributed by atoms with Crippen LogP contribution in [0, 0.1) is 0 Å². The molecule has 0 spiro atoms. The van der Waals surface area contributed by atoms with Crippen LogP contribution >= 0.6 is 11.6 Å². The van der Waals surface area contributed by atoms with Gasteiger partial charge in [-0.3, -0.25) is 4.68 Å². The molecule has 5 heteroatoms. The Hall–Kier alpha value is -2.46. The van der Waals surface area contributed by atoms with Crippen LogP contribution in [0.15, 0.2) is 67.0 Å². The normalized spacial score (nSPS) is 10.4. The average molecular weight is 315 g/mol. The molecular formula is C17H15ClN2O2. The Bertz CT molecular complexity index is 711. The molecule has 112 valence electrons. The van der Waals surface area contributed by atoms with Gasteiger partial charge in [-0.25, -0.2) is 0 Å². The lowest BCUT2D eigenvalue weighted by Crippen LogP contribution is -2.08. The zero-order chi connectivity index (χ0) is 15.2. The molecule has 1 heterocycles. The van der Waals surface area contributed by atoms with E-state index in [1.807, 2.05) is 54.6 Å². The van der Waals surface area contributed by atoms with E-state index in [4.69, 9.17) is 21.1 Å². The van der Waals surface area contributed by atoms with Crippen molar-refractivity contribution in [3.8, 4) is 17.2 Å². The topological polar surface area (TPSA) is 36.3 Å². The number of ether oxygens (including phenoxy) is 2. The van der Waals surface area contributed by atoms with E-state index in [0.717, 1.165) is 17.2 Å². The van der Waals surface area contributed by atoms with Gasteiger partial charge in [-0.05, 0) is 36.4 Å². The van der Waals surface area contributed by atoms with Gasteiger partial charge in [0.2, 0.25) is 0 Å². The number of hydrogen-bond acceptors (Lipinski definition) is 3. The van der Waals surface area contributed by atoms with E-state index in [2.05, 4.69) is 5.10 Å². The first-order valence-electron chi connectivity index (χ1n) is 6.93. The molecule has 1 aromatic heterocycles. The monoisotopic (exact) mass is 314 g/mol. The van der Waals surface area contributed by atoms with Crippen molar-refractivity contribution >= 4 is 11.6 Å². The minimum atomic E-state index is 0.525. The van der Waals surface area contributed by atoms with Crippen LogP contribution in [0.4, 0.5) is 0 Å². The summed E-state index contributed by atoms with van der Waals surface area (Å²) in [5.74, 6) is 2.38. The van der Waals surface area contributed by atoms with Gasteiger partial charge in [-0.2, -0.15) is 5.10 Å². The van der Waals surface area contributed by atoms with Crippen molar-refractivity contribution in [2.75, 3.05) is 6.61 Å². The van der Waals surface area contributed by atoms with Gasteiger partial charge in [0.1, 0.15) is 23.9 Å². The zero-order valence-corrected chi connectivity index (χ0v) is 12.6. The summed E-state index contributed by atoms with van der Waals surface area (Å²) < 4.78 is 13.1. The van der Waals surface area contributed by atoms with Crippen LogP contribution in [0.3, 0.4) is 0 Å². The van der Waals surface area contributed by atoms with Gasteiger partial charge in [-0.1, -0.05) is 29.8 Å². The number of nitrogens with zero attached hydrogens (tertiary/aromatic N) is 2. The molecule has 0 aliphatic carbocycles. The third-order valence-corrected chi connectivity index (χ3v) is 3.19. The molecular weight excluding hydrogens is 300 g/mol. The fraction of sp³-hybridized carbons (Fsp3) is 0.118. The Morgan fingerprint density at radius 1 is 0.909 bits per heavy atom. The molecule has 0 saturated heterocycles. The van der Waals surface area contributed by atoms with Gasteiger partial charge < -0.3 is 9.47 Å². The minimum absolute atomic E-state index is 0.525. The fourth-order valence-electron chi connectivity index (χ4n) is 1.95. The van der Waals surface area contributed by atoms with E-state index in [9.17, 15) is 0 Å². The smallest absolute Gasteiger partial charge is 0.127 e. The van der Waals surface area contributed by atoms with Crippen molar-refractivity contribution in [2.24, 2.45) is 0 Å². The first-order chi connectivity index (χ1) is 10.8. The van der Waals surface area contributed by atoms with Crippen molar-refractivity contribution in [3.63, 3.8) is 0 Å². The number of benzene rings is 2. The molecule has 0 bridgehead atoms. The molecule has 3 aromatic rings. The van der Waals surface area contributed by atoms with Crippen molar-refractivity contribution in [3.05, 3.63) is 72.0 Å². The summed E-state index contributed by atoms with van der Waals surface area (Å²) in [6.07, 6.45) is 3.37. The second kappa shape index (κ2) is 7.00. The van der Waals surface area contributed by atoms with E-state index in [0.29, 0.717) is 18.2 Å². The molecule has 0 unspecified atom stereocenters. The second-order valence-electron chi connectivity index (χ2n) is 4.66. The predicted octanol–water partition coefficient (Wildman–Crippen LogP) is 4.41. The maximum Gasteiger partial charge on any atom is 0.127 e. The average Bonchev–Trinajstić information content (AvgIpc) is 2.96. The Morgan fingerprint density at radius 3 is 2.27 bits per heavy atom. The van der Waals surface area contributed by atoms with Crippen LogP contribution in [0.2, 0.25) is 5.02 Å². The van der Waals surface area contributed by atoms with Crippen molar-refractivity contribution in [1.29, 1.82) is 0 Å². The molecule has 3 rings (SSSR count). The lowest BCUT2D eigenvalue weighted by molar-refractivity contribution is 0.291. The summed E-state index contributed by atoms with van der Waals surface area (Å²) in [7, 11) is 0. The summed E-state index contributed by atoms with van der Waals surface area (Å²) in [5, 5.41) is 4.72. The first kappa shape index (κ1) is 14.5. The first-order valence-corrected chi connectivity index (χ1v) is 7.31. The van der Waals surface area contributed by atoms with E-state index in [1.165, 1.54) is 0 Å². The highest BCUT2D eigenvalue weighted by molar-refractivity contribution is 6.30. The Morgan fingerprint density at radius 2 is 1.59 bits per heavy atom. The summed E-state index contributed by atoms with van der Waals surface area (Å²) in [6, 6.07) is 17.2. The van der Waals surface area contributed by atoms with E-state index in [-0.39, 0.29) is 0 Å². The molecule has 0 N–H and O–H groups in total. The summed E-state index contributed by atoms with van der Waals surface area (Å²) >= 11 is 5.80. The van der Waals surface area contributed by atoms with Gasteiger partial charge in [0, 0.05) is 6.20 Å². The van der Waals surface area contributed by atoms with Crippen LogP contribution in [-0.4, -0.2) is 16.4 Å². The van der Waals surface area contributed by atoms with E-state index in [1.54, 1.807) is 17.1 Å². The molecule has 0 saturated carbocycles. The lowest BCUT2D eigenvalue weighted by atomic mass is 10.3. The quantitative estimate of drug-likeness (QED) is 0.676. The van der Waals surface area contributed by atoms with Gasteiger partial charge >= 0.3 is 0 Å². The summed E-state index contributed by atoms with van der Waals surface area (Å²) in [4.78, 5) is 0. The number of aromatic nitrogens is 2. The third-order valence-electron chi connectivity index (χ3n) is 2.99. The van der Waals surface area contributed by atoms with Gasteiger partial charge in [0.25, 0.3) is 0 Å². The van der Waals surface area contributed by atoms with Gasteiger partial charge in [-0.15, -0.1) is 0 Å². The molecule has 0 atom stereocenters. The van der Waals surface area contributed by atoms with Crippen LogP contribution in [-0.2, 0) is 6.54 Å². The fourth-order valence-corrected chi connectivity index (χ4v) is 2.10. The highest BCUT2D eigenvalue weighted by atomic mass is 35.5. The Labute approximate surface area is 133 Å². The standard InChI is InChI=1S/C17H15ClN2O2/c18-14-12-19-20(13-14)10-11-21-15-6-8-17(9-7-15)22-16-4-2-1-3-5-16/h1-9,12-13H,10-11H2. The Balaban J connectivity index is 1.51. The van der Waals surface area contributed by atoms with Gasteiger partial charge in [0.05, 0.1) is 17.8 Å². The molecule has 0 aliphatic heterocycles. The molecule has 0 fully saturated rings. The number of para-hydroxylation sites is 1. The van der Waals surface area contributed by atoms with Crippen molar-refractivity contribution in [2.45, 2.75) is 6.54 Å². The van der Waals surface area contributed by atoms with Gasteiger partial charge in [0.15, 0.2) is 0 Å². The zero-order valence-electron chi connectivity index (χ0n) is 11.9. The van der Waals surface area contributed by atoms with E-state index >= 15 is 0 Å². The highest BCUT2D eigenvalue weighted by Crippen LogP contribution is 2.23. The van der Waals surface area contributed by atoms with Crippen LogP contribution in [0.5, 0.6) is 17.2 Å². The molecule has 0 aliphatic rings. The minimum Gasteiger partial charge on any atom is -0.492 e. The largest absolute Gasteiger partial charge is 0.492 e. The molecule has 0 amide bonds. The second-order valence-corrected chi connectivity index (χ2v) is 5.09. The maximum atomic E-state index is 5.80. The van der Waals surface area contributed by atoms with Crippen LogP contribution in [0.1, 0.15) is 0 Å². The molecule has 0 radical (unpaired) electrons. The van der Waals surface area contributed by atoms with Crippen LogP contribution < -0.4 is 9.47 Å². The third kappa shape index (κ3) is 4.02. The van der Waals surface area contributed by atoms with Crippen molar-refractivity contribution in [1.82, 2.24) is 9.78 Å². The molecule has 2 aromatic carbocycles. The predicted molar refractivity (Wildman–Crippen MR) is 85.7 cm³/mol. The highest BCUT2D eigenvalue weighted by Gasteiger charge is 1.99. The SMILES string of the molecule is Clc1cnn(CCOc2ccc(Oc3ccccc3)cc2)c1. The van der Waals surface area contributed by atoms with Crippen LogP contribution in [0.25, 0.3) is 0 Å². The lowest BCUT2D eigenvalue weighted by Gasteiger charge is -2.08. The van der Waals surface area contributed by atoms with Crippen molar-refractivity contribution < 1.29 is 9.47 Å². The maximum absolute atomic E-state index is 5.80. The number of halogens is 1. The molecule has 4 nitrogen and oxygen atoms in total. The number of rotatable bonds is 6. The summed E-state index contributed by atoms with van der Waals surface area (Å²) in [5.41, 5.74) is 0. The Kier molecular flexibility index (Phi) is 4.61.